The summed E-state index contributed by atoms with van der Waals surface area (Å²) in [5.41, 5.74) is 1.78. The van der Waals surface area contributed by atoms with Crippen molar-refractivity contribution in [1.82, 2.24) is 24.1 Å². The number of hydrogen-bond acceptors (Lipinski definition) is 5. The molecule has 3 rings (SSSR count). The normalized spacial score (nSPS) is 12.1. The molecule has 3 heterocycles. The molecule has 0 saturated carbocycles. The van der Waals surface area contributed by atoms with Crippen molar-refractivity contribution in [2.75, 3.05) is 20.6 Å². The Morgan fingerprint density at radius 1 is 1.24 bits per heavy atom. The van der Waals surface area contributed by atoms with Gasteiger partial charge in [0.15, 0.2) is 5.65 Å². The van der Waals surface area contributed by atoms with E-state index in [9.17, 15) is 4.79 Å². The number of rotatable bonds is 3. The highest BCUT2D eigenvalue weighted by molar-refractivity contribution is 7.18. The minimum atomic E-state index is -0.109. The Morgan fingerprint density at radius 3 is 2.62 bits per heavy atom. The Hall–Kier alpha value is -1.73. The number of aromatic nitrogens is 4. The SMILES string of the molecule is Cc1sc2nc(C)n3c(=O)n(CCN(C)C)nc3c2c1C. The molecule has 3 aromatic rings. The van der Waals surface area contributed by atoms with Gasteiger partial charge in [0, 0.05) is 11.4 Å². The van der Waals surface area contributed by atoms with Crippen molar-refractivity contribution in [1.29, 1.82) is 0 Å². The monoisotopic (exact) mass is 305 g/mol. The molecule has 0 atom stereocenters. The zero-order valence-electron chi connectivity index (χ0n) is 13.0. The first-order chi connectivity index (χ1) is 9.90. The van der Waals surface area contributed by atoms with Gasteiger partial charge in [0.25, 0.3) is 0 Å². The van der Waals surface area contributed by atoms with E-state index in [1.54, 1.807) is 15.7 Å². The molecule has 0 aromatic carbocycles. The number of thiophene rings is 1. The van der Waals surface area contributed by atoms with Crippen LogP contribution in [0, 0.1) is 20.8 Å². The summed E-state index contributed by atoms with van der Waals surface area (Å²) in [6, 6.07) is 0. The van der Waals surface area contributed by atoms with E-state index < -0.39 is 0 Å². The van der Waals surface area contributed by atoms with Gasteiger partial charge < -0.3 is 4.90 Å². The molecule has 6 nitrogen and oxygen atoms in total. The maximum Gasteiger partial charge on any atom is 0.351 e. The molecule has 0 saturated heterocycles. The van der Waals surface area contributed by atoms with E-state index in [2.05, 4.69) is 23.9 Å². The molecule has 0 unspecified atom stereocenters. The third kappa shape index (κ3) is 2.16. The standard InChI is InChI=1S/C14H19N5OS/c1-8-9(2)21-13-11(8)12-16-18(7-6-17(4)5)14(20)19(12)10(3)15-13/h6-7H2,1-5H3. The van der Waals surface area contributed by atoms with Crippen molar-refractivity contribution < 1.29 is 0 Å². The molecular formula is C14H19N5OS. The van der Waals surface area contributed by atoms with Crippen molar-refractivity contribution in [3.8, 4) is 0 Å². The molecule has 3 aromatic heterocycles. The van der Waals surface area contributed by atoms with Crippen molar-refractivity contribution >= 4 is 27.2 Å². The third-order valence-corrected chi connectivity index (χ3v) is 4.88. The van der Waals surface area contributed by atoms with Gasteiger partial charge in [-0.15, -0.1) is 16.4 Å². The van der Waals surface area contributed by atoms with Crippen LogP contribution < -0.4 is 5.69 Å². The fourth-order valence-corrected chi connectivity index (χ4v) is 3.52. The van der Waals surface area contributed by atoms with Gasteiger partial charge in [-0.05, 0) is 40.4 Å². The lowest BCUT2D eigenvalue weighted by Crippen LogP contribution is -2.27. The number of fused-ring (bicyclic) bond motifs is 3. The minimum absolute atomic E-state index is 0.109. The van der Waals surface area contributed by atoms with E-state index in [4.69, 9.17) is 0 Å². The van der Waals surface area contributed by atoms with Gasteiger partial charge in [-0.2, -0.15) is 0 Å². The topological polar surface area (TPSA) is 55.4 Å². The van der Waals surface area contributed by atoms with E-state index in [0.29, 0.717) is 12.4 Å². The molecule has 0 aliphatic carbocycles. The zero-order chi connectivity index (χ0) is 15.3. The molecule has 21 heavy (non-hydrogen) atoms. The predicted octanol–water partition coefficient (Wildman–Crippen LogP) is 1.59. The molecule has 0 aliphatic rings. The fourth-order valence-electron chi connectivity index (χ4n) is 2.45. The molecule has 0 N–H and O–H groups in total. The second kappa shape index (κ2) is 4.92. The van der Waals surface area contributed by atoms with Gasteiger partial charge >= 0.3 is 5.69 Å². The summed E-state index contributed by atoms with van der Waals surface area (Å²) < 4.78 is 3.16. The number of hydrogen-bond donors (Lipinski definition) is 0. The summed E-state index contributed by atoms with van der Waals surface area (Å²) in [5.74, 6) is 0.694. The summed E-state index contributed by atoms with van der Waals surface area (Å²) in [5, 5.41) is 5.56. The van der Waals surface area contributed by atoms with Crippen LogP contribution in [0.3, 0.4) is 0 Å². The van der Waals surface area contributed by atoms with Gasteiger partial charge in [0.05, 0.1) is 11.9 Å². The summed E-state index contributed by atoms with van der Waals surface area (Å²) in [6.45, 7) is 7.36. The van der Waals surface area contributed by atoms with Gasteiger partial charge in [-0.25, -0.2) is 18.9 Å². The molecular weight excluding hydrogens is 286 g/mol. The Labute approximate surface area is 126 Å². The molecule has 7 heteroatoms. The highest BCUT2D eigenvalue weighted by atomic mass is 32.1. The first-order valence-electron chi connectivity index (χ1n) is 6.90. The van der Waals surface area contributed by atoms with Crippen LogP contribution >= 0.6 is 11.3 Å². The van der Waals surface area contributed by atoms with Gasteiger partial charge in [0.2, 0.25) is 0 Å². The zero-order valence-corrected chi connectivity index (χ0v) is 13.8. The van der Waals surface area contributed by atoms with Crippen molar-refractivity contribution in [2.24, 2.45) is 0 Å². The molecule has 112 valence electrons. The van der Waals surface area contributed by atoms with Crippen LogP contribution in [-0.4, -0.2) is 44.7 Å². The number of likely N-dealkylation sites (N-methyl/N-ethyl adjacent to an activating group) is 1. The van der Waals surface area contributed by atoms with E-state index in [1.807, 2.05) is 25.9 Å². The third-order valence-electron chi connectivity index (χ3n) is 3.78. The van der Waals surface area contributed by atoms with Crippen molar-refractivity contribution in [3.63, 3.8) is 0 Å². The number of aryl methyl sites for hydroxylation is 3. The Morgan fingerprint density at radius 2 is 1.95 bits per heavy atom. The molecule has 0 fully saturated rings. The lowest BCUT2D eigenvalue weighted by Gasteiger charge is -2.07. The van der Waals surface area contributed by atoms with Gasteiger partial charge in [-0.1, -0.05) is 0 Å². The first-order valence-corrected chi connectivity index (χ1v) is 7.72. The van der Waals surface area contributed by atoms with Crippen LogP contribution in [-0.2, 0) is 6.54 Å². The highest BCUT2D eigenvalue weighted by Crippen LogP contribution is 2.31. The smallest absolute Gasteiger partial charge is 0.308 e. The minimum Gasteiger partial charge on any atom is -0.308 e. The Kier molecular flexibility index (Phi) is 3.33. The predicted molar refractivity (Wildman–Crippen MR) is 85.4 cm³/mol. The molecule has 0 radical (unpaired) electrons. The summed E-state index contributed by atoms with van der Waals surface area (Å²) in [6.07, 6.45) is 0. The molecule has 0 spiro atoms. The van der Waals surface area contributed by atoms with Crippen LogP contribution in [0.5, 0.6) is 0 Å². The van der Waals surface area contributed by atoms with Crippen LogP contribution in [0.2, 0.25) is 0 Å². The summed E-state index contributed by atoms with van der Waals surface area (Å²) in [4.78, 5) is 21.3. The second-order valence-corrected chi connectivity index (χ2v) is 6.79. The summed E-state index contributed by atoms with van der Waals surface area (Å²) in [7, 11) is 3.97. The average Bonchev–Trinajstić information content (AvgIpc) is 2.86. The van der Waals surface area contributed by atoms with Crippen LogP contribution in [0.4, 0.5) is 0 Å². The lowest BCUT2D eigenvalue weighted by molar-refractivity contribution is 0.369. The van der Waals surface area contributed by atoms with Crippen LogP contribution in [0.25, 0.3) is 15.9 Å². The average molecular weight is 305 g/mol. The van der Waals surface area contributed by atoms with Crippen LogP contribution in [0.1, 0.15) is 16.3 Å². The van der Waals surface area contributed by atoms with Crippen molar-refractivity contribution in [3.05, 3.63) is 26.7 Å². The quantitative estimate of drug-likeness (QED) is 0.737. The van der Waals surface area contributed by atoms with E-state index >= 15 is 0 Å². The Balaban J connectivity index is 2.31. The van der Waals surface area contributed by atoms with Crippen molar-refractivity contribution in [2.45, 2.75) is 27.3 Å². The van der Waals surface area contributed by atoms with Gasteiger partial charge in [0.1, 0.15) is 10.7 Å². The highest BCUT2D eigenvalue weighted by Gasteiger charge is 2.17. The molecule has 0 bridgehead atoms. The largest absolute Gasteiger partial charge is 0.351 e. The number of nitrogens with zero attached hydrogens (tertiary/aromatic N) is 5. The maximum absolute atomic E-state index is 12.5. The van der Waals surface area contributed by atoms with Gasteiger partial charge in [-0.3, -0.25) is 0 Å². The van der Waals surface area contributed by atoms with E-state index in [0.717, 1.165) is 28.0 Å². The lowest BCUT2D eigenvalue weighted by atomic mass is 10.2. The van der Waals surface area contributed by atoms with Crippen LogP contribution in [0.15, 0.2) is 4.79 Å². The van der Waals surface area contributed by atoms with E-state index in [-0.39, 0.29) is 5.69 Å². The first kappa shape index (κ1) is 14.2. The maximum atomic E-state index is 12.5. The molecule has 0 aliphatic heterocycles. The van der Waals surface area contributed by atoms with E-state index in [1.165, 1.54) is 9.56 Å². The second-order valence-electron chi connectivity index (χ2n) is 5.59. The fraction of sp³-hybridized carbons (Fsp3) is 0.500. The molecule has 0 amide bonds. The summed E-state index contributed by atoms with van der Waals surface area (Å²) >= 11 is 1.66. The Bertz CT molecular complexity index is 886.